The van der Waals surface area contributed by atoms with E-state index >= 15 is 0 Å². The van der Waals surface area contributed by atoms with Crippen LogP contribution in [0.3, 0.4) is 0 Å². The summed E-state index contributed by atoms with van der Waals surface area (Å²) in [7, 11) is 1.59. The summed E-state index contributed by atoms with van der Waals surface area (Å²) in [6.45, 7) is 0. The van der Waals surface area contributed by atoms with Gasteiger partial charge in [0.1, 0.15) is 11.3 Å². The summed E-state index contributed by atoms with van der Waals surface area (Å²) in [5, 5.41) is 13.3. The van der Waals surface area contributed by atoms with Crippen LogP contribution in [-0.2, 0) is 0 Å². The lowest BCUT2D eigenvalue weighted by atomic mass is 10.1. The molecule has 2 heterocycles. The molecule has 2 aromatic heterocycles. The molecule has 0 aliphatic rings. The Morgan fingerprint density at radius 2 is 2.00 bits per heavy atom. The fourth-order valence-electron chi connectivity index (χ4n) is 2.10. The van der Waals surface area contributed by atoms with Crippen molar-refractivity contribution in [3.05, 3.63) is 42.1 Å². The molecular weight excluding hydrogens is 272 g/mol. The first kappa shape index (κ1) is 12.9. The van der Waals surface area contributed by atoms with Crippen LogP contribution in [-0.4, -0.2) is 32.8 Å². The Morgan fingerprint density at radius 1 is 1.29 bits per heavy atom. The number of carboxylic acid groups (broad SMARTS) is 1. The highest BCUT2D eigenvalue weighted by molar-refractivity contribution is 5.96. The van der Waals surface area contributed by atoms with E-state index in [0.29, 0.717) is 5.56 Å². The Labute approximate surface area is 119 Å². The molecule has 3 N–H and O–H groups in total. The number of ether oxygens (including phenoxy) is 1. The van der Waals surface area contributed by atoms with Crippen LogP contribution in [0.4, 0.5) is 5.95 Å². The summed E-state index contributed by atoms with van der Waals surface area (Å²) < 4.78 is 6.48. The molecule has 0 bridgehead atoms. The number of anilines is 1. The van der Waals surface area contributed by atoms with Gasteiger partial charge in [-0.2, -0.15) is 4.98 Å². The molecule has 0 amide bonds. The zero-order chi connectivity index (χ0) is 15.0. The predicted molar refractivity (Wildman–Crippen MR) is 76.3 cm³/mol. The third-order valence-electron chi connectivity index (χ3n) is 3.10. The van der Waals surface area contributed by atoms with Crippen LogP contribution in [0.25, 0.3) is 16.8 Å². The Hall–Kier alpha value is -3.09. The van der Waals surface area contributed by atoms with Crippen LogP contribution >= 0.6 is 0 Å². The third-order valence-corrected chi connectivity index (χ3v) is 3.10. The summed E-state index contributed by atoms with van der Waals surface area (Å²) in [5.74, 6) is -0.324. The highest BCUT2D eigenvalue weighted by Gasteiger charge is 2.15. The first-order chi connectivity index (χ1) is 10.1. The molecule has 0 aliphatic carbocycles. The quantitative estimate of drug-likeness (QED) is 0.758. The Bertz CT molecular complexity index is 824. The van der Waals surface area contributed by atoms with Gasteiger partial charge in [0.2, 0.25) is 5.95 Å². The monoisotopic (exact) mass is 284 g/mol. The second-order valence-corrected chi connectivity index (χ2v) is 4.41. The lowest BCUT2D eigenvalue weighted by Crippen LogP contribution is -2.02. The number of aromatic carboxylic acids is 1. The maximum Gasteiger partial charge on any atom is 0.339 e. The topological polar surface area (TPSA) is 103 Å². The molecule has 0 saturated heterocycles. The minimum absolute atomic E-state index is 0.0318. The van der Waals surface area contributed by atoms with Gasteiger partial charge in [0.25, 0.3) is 0 Å². The van der Waals surface area contributed by atoms with Crippen molar-refractivity contribution in [2.45, 2.75) is 0 Å². The van der Waals surface area contributed by atoms with Gasteiger partial charge in [-0.1, -0.05) is 12.1 Å². The number of nitrogens with two attached hydrogens (primary N) is 1. The number of nitrogens with zero attached hydrogens (tertiary/aromatic N) is 3. The Morgan fingerprint density at radius 3 is 2.62 bits per heavy atom. The van der Waals surface area contributed by atoms with Crippen LogP contribution in [0, 0.1) is 0 Å². The summed E-state index contributed by atoms with van der Waals surface area (Å²) in [6, 6.07) is 8.83. The summed E-state index contributed by atoms with van der Waals surface area (Å²) in [6.07, 6.45) is 1.69. The number of rotatable bonds is 3. The summed E-state index contributed by atoms with van der Waals surface area (Å²) >= 11 is 0. The average molecular weight is 284 g/mol. The second-order valence-electron chi connectivity index (χ2n) is 4.41. The Kier molecular flexibility index (Phi) is 2.94. The number of carboxylic acids is 1. The molecule has 0 fully saturated rings. The van der Waals surface area contributed by atoms with Crippen molar-refractivity contribution in [2.24, 2.45) is 0 Å². The van der Waals surface area contributed by atoms with Crippen molar-refractivity contribution in [1.82, 2.24) is 14.6 Å². The number of hydrogen-bond donors (Lipinski definition) is 2. The number of hydrogen-bond acceptors (Lipinski definition) is 5. The van der Waals surface area contributed by atoms with Crippen molar-refractivity contribution in [3.63, 3.8) is 0 Å². The lowest BCUT2D eigenvalue weighted by Gasteiger charge is -2.06. The second kappa shape index (κ2) is 4.78. The molecule has 3 aromatic rings. The number of nitrogen functional groups attached to an aromatic ring is 1. The van der Waals surface area contributed by atoms with Gasteiger partial charge in [-0.05, 0) is 23.8 Å². The normalized spacial score (nSPS) is 10.7. The molecule has 0 atom stereocenters. The molecule has 0 saturated carbocycles. The van der Waals surface area contributed by atoms with Crippen LogP contribution < -0.4 is 10.5 Å². The van der Waals surface area contributed by atoms with E-state index in [1.165, 1.54) is 4.52 Å². The lowest BCUT2D eigenvalue weighted by molar-refractivity contribution is 0.0698. The smallest absolute Gasteiger partial charge is 0.339 e. The number of carbonyl (C=O) groups is 1. The number of pyridine rings is 1. The van der Waals surface area contributed by atoms with Gasteiger partial charge in [0, 0.05) is 11.8 Å². The fourth-order valence-corrected chi connectivity index (χ4v) is 2.10. The highest BCUT2D eigenvalue weighted by atomic mass is 16.5. The Balaban J connectivity index is 2.19. The van der Waals surface area contributed by atoms with Crippen molar-refractivity contribution in [1.29, 1.82) is 0 Å². The zero-order valence-electron chi connectivity index (χ0n) is 11.1. The van der Waals surface area contributed by atoms with E-state index in [-0.39, 0.29) is 17.2 Å². The van der Waals surface area contributed by atoms with E-state index in [0.717, 1.165) is 11.3 Å². The van der Waals surface area contributed by atoms with Crippen LogP contribution in [0.1, 0.15) is 10.4 Å². The van der Waals surface area contributed by atoms with E-state index in [2.05, 4.69) is 10.1 Å². The molecule has 0 unspecified atom stereocenters. The van der Waals surface area contributed by atoms with Gasteiger partial charge in [-0.3, -0.25) is 0 Å². The van der Waals surface area contributed by atoms with Crippen LogP contribution in [0.5, 0.6) is 5.75 Å². The number of aromatic nitrogens is 3. The van der Waals surface area contributed by atoms with Crippen molar-refractivity contribution in [3.8, 4) is 16.9 Å². The van der Waals surface area contributed by atoms with Gasteiger partial charge in [-0.25, -0.2) is 9.31 Å². The standard InChI is InChI=1S/C14H12N4O3/c1-21-10-4-2-8(3-5-10)9-6-11(13(19)20)12-16-14(15)17-18(12)7-9/h2-7H,1H3,(H2,15,17)(H,19,20). The molecule has 0 radical (unpaired) electrons. The van der Waals surface area contributed by atoms with Crippen molar-refractivity contribution in [2.75, 3.05) is 12.8 Å². The zero-order valence-corrected chi connectivity index (χ0v) is 11.1. The molecule has 0 spiro atoms. The third kappa shape index (κ3) is 2.25. The number of methoxy groups -OCH3 is 1. The van der Waals surface area contributed by atoms with Crippen LogP contribution in [0.15, 0.2) is 36.5 Å². The van der Waals surface area contributed by atoms with Crippen molar-refractivity contribution >= 4 is 17.6 Å². The molecule has 7 heteroatoms. The molecule has 3 rings (SSSR count). The molecule has 0 aliphatic heterocycles. The average Bonchev–Trinajstić information content (AvgIpc) is 2.86. The van der Waals surface area contributed by atoms with E-state index < -0.39 is 5.97 Å². The first-order valence-corrected chi connectivity index (χ1v) is 6.12. The van der Waals surface area contributed by atoms with Gasteiger partial charge < -0.3 is 15.6 Å². The summed E-state index contributed by atoms with van der Waals surface area (Å²) in [4.78, 5) is 15.3. The minimum Gasteiger partial charge on any atom is -0.497 e. The molecular formula is C14H12N4O3. The van der Waals surface area contributed by atoms with Crippen LogP contribution in [0.2, 0.25) is 0 Å². The molecule has 106 valence electrons. The number of fused-ring (bicyclic) bond motifs is 1. The SMILES string of the molecule is COc1ccc(-c2cc(C(=O)O)c3nc(N)nn3c2)cc1. The molecule has 21 heavy (non-hydrogen) atoms. The maximum absolute atomic E-state index is 11.4. The van der Waals surface area contributed by atoms with Gasteiger partial charge in [-0.15, -0.1) is 5.10 Å². The molecule has 7 nitrogen and oxygen atoms in total. The molecule has 1 aromatic carbocycles. The number of benzene rings is 1. The minimum atomic E-state index is -1.08. The van der Waals surface area contributed by atoms with E-state index in [4.69, 9.17) is 10.5 Å². The van der Waals surface area contributed by atoms with Gasteiger partial charge in [0.05, 0.1) is 7.11 Å². The predicted octanol–water partition coefficient (Wildman–Crippen LogP) is 1.69. The largest absolute Gasteiger partial charge is 0.497 e. The fraction of sp³-hybridized carbons (Fsp3) is 0.0714. The van der Waals surface area contributed by atoms with E-state index in [1.807, 2.05) is 12.1 Å². The highest BCUT2D eigenvalue weighted by Crippen LogP contribution is 2.25. The van der Waals surface area contributed by atoms with Gasteiger partial charge >= 0.3 is 5.97 Å². The van der Waals surface area contributed by atoms with E-state index in [1.54, 1.807) is 31.5 Å². The van der Waals surface area contributed by atoms with E-state index in [9.17, 15) is 9.90 Å². The van der Waals surface area contributed by atoms with Gasteiger partial charge in [0.15, 0.2) is 5.65 Å². The van der Waals surface area contributed by atoms with Crippen molar-refractivity contribution < 1.29 is 14.6 Å². The summed E-state index contributed by atoms with van der Waals surface area (Å²) in [5.41, 5.74) is 7.35. The first-order valence-electron chi connectivity index (χ1n) is 6.12. The maximum atomic E-state index is 11.4.